The summed E-state index contributed by atoms with van der Waals surface area (Å²) in [6.45, 7) is 10.6. The maximum absolute atomic E-state index is 13.1. The van der Waals surface area contributed by atoms with Gasteiger partial charge in [0.15, 0.2) is 0 Å². The standard InChI is InChI=1S/C24H33N3O4S/c1-6-23(28)25-20-9-7-19(8-10-20)24(29)26-21-11-13-22(14-12-21)32(30,31)27(15-17(2)3)16-18(4)5/h7-14,17-18H,6,15-16H2,1-5H3,(H,25,28)(H,26,29). The number of anilines is 2. The second-order valence-corrected chi connectivity index (χ2v) is 10.5. The van der Waals surface area contributed by atoms with Gasteiger partial charge in [-0.2, -0.15) is 4.31 Å². The van der Waals surface area contributed by atoms with Crippen LogP contribution in [0.15, 0.2) is 53.4 Å². The summed E-state index contributed by atoms with van der Waals surface area (Å²) in [4.78, 5) is 24.2. The molecule has 0 bridgehead atoms. The number of hydrogen-bond acceptors (Lipinski definition) is 4. The Morgan fingerprint density at radius 3 is 1.75 bits per heavy atom. The second-order valence-electron chi connectivity index (χ2n) is 8.57. The smallest absolute Gasteiger partial charge is 0.255 e. The van der Waals surface area contributed by atoms with Crippen molar-refractivity contribution in [1.82, 2.24) is 4.31 Å². The monoisotopic (exact) mass is 459 g/mol. The molecule has 2 N–H and O–H groups in total. The summed E-state index contributed by atoms with van der Waals surface area (Å²) in [5, 5.41) is 5.50. The molecular formula is C24H33N3O4S. The Morgan fingerprint density at radius 1 is 0.812 bits per heavy atom. The van der Waals surface area contributed by atoms with Gasteiger partial charge in [0.05, 0.1) is 4.90 Å². The molecule has 8 heteroatoms. The van der Waals surface area contributed by atoms with Crippen molar-refractivity contribution in [1.29, 1.82) is 0 Å². The van der Waals surface area contributed by atoms with Gasteiger partial charge in [-0.05, 0) is 60.4 Å². The molecule has 0 spiro atoms. The van der Waals surface area contributed by atoms with Gasteiger partial charge in [-0.1, -0.05) is 34.6 Å². The van der Waals surface area contributed by atoms with E-state index in [1.165, 1.54) is 16.4 Å². The molecule has 2 aromatic rings. The molecule has 32 heavy (non-hydrogen) atoms. The van der Waals surface area contributed by atoms with Crippen molar-refractivity contribution in [3.8, 4) is 0 Å². The van der Waals surface area contributed by atoms with Crippen LogP contribution in [-0.4, -0.2) is 37.6 Å². The first kappa shape index (κ1) is 25.5. The summed E-state index contributed by atoms with van der Waals surface area (Å²) in [5.74, 6) is 0.000324. The van der Waals surface area contributed by atoms with Gasteiger partial charge in [-0.25, -0.2) is 8.42 Å². The third kappa shape index (κ3) is 7.17. The molecule has 2 rings (SSSR count). The molecule has 2 amide bonds. The summed E-state index contributed by atoms with van der Waals surface area (Å²) in [6, 6.07) is 12.8. The second kappa shape index (κ2) is 11.2. The van der Waals surface area contributed by atoms with Crippen LogP contribution in [0.3, 0.4) is 0 Å². The number of carbonyl (C=O) groups excluding carboxylic acids is 2. The highest BCUT2D eigenvalue weighted by atomic mass is 32.2. The van der Waals surface area contributed by atoms with Crippen LogP contribution in [0.5, 0.6) is 0 Å². The molecule has 0 fully saturated rings. The van der Waals surface area contributed by atoms with Crippen LogP contribution in [0.1, 0.15) is 51.4 Å². The van der Waals surface area contributed by atoms with E-state index in [4.69, 9.17) is 0 Å². The van der Waals surface area contributed by atoms with E-state index in [1.54, 1.807) is 43.3 Å². The Bertz CT molecular complexity index is 1000. The summed E-state index contributed by atoms with van der Waals surface area (Å²) in [7, 11) is -3.62. The van der Waals surface area contributed by atoms with E-state index in [0.29, 0.717) is 36.4 Å². The number of sulfonamides is 1. The first-order valence-corrected chi connectivity index (χ1v) is 12.3. The first-order valence-electron chi connectivity index (χ1n) is 10.8. The molecule has 174 valence electrons. The molecule has 0 aliphatic carbocycles. The average molecular weight is 460 g/mol. The third-order valence-electron chi connectivity index (χ3n) is 4.64. The van der Waals surface area contributed by atoms with E-state index in [0.717, 1.165) is 0 Å². The van der Waals surface area contributed by atoms with Crippen LogP contribution in [0, 0.1) is 11.8 Å². The topological polar surface area (TPSA) is 95.6 Å². The number of benzene rings is 2. The number of nitrogens with one attached hydrogen (secondary N) is 2. The molecule has 2 aromatic carbocycles. The zero-order chi connectivity index (χ0) is 23.9. The SMILES string of the molecule is CCC(=O)Nc1ccc(C(=O)Nc2ccc(S(=O)(=O)N(CC(C)C)CC(C)C)cc2)cc1. The van der Waals surface area contributed by atoms with Crippen LogP contribution in [0.4, 0.5) is 11.4 Å². The van der Waals surface area contributed by atoms with E-state index < -0.39 is 10.0 Å². The van der Waals surface area contributed by atoms with E-state index >= 15 is 0 Å². The molecule has 7 nitrogen and oxygen atoms in total. The van der Waals surface area contributed by atoms with Crippen LogP contribution in [0.25, 0.3) is 0 Å². The first-order chi connectivity index (χ1) is 15.0. The normalized spacial score (nSPS) is 11.8. The Balaban J connectivity index is 2.11. The molecule has 0 unspecified atom stereocenters. The van der Waals surface area contributed by atoms with Crippen molar-refractivity contribution in [2.75, 3.05) is 23.7 Å². The van der Waals surface area contributed by atoms with Gasteiger partial charge in [0.1, 0.15) is 0 Å². The van der Waals surface area contributed by atoms with Crippen molar-refractivity contribution in [3.63, 3.8) is 0 Å². The van der Waals surface area contributed by atoms with Gasteiger partial charge in [-0.3, -0.25) is 9.59 Å². The molecule has 0 aromatic heterocycles. The van der Waals surface area contributed by atoms with E-state index in [-0.39, 0.29) is 28.5 Å². The van der Waals surface area contributed by atoms with Gasteiger partial charge in [0, 0.05) is 36.4 Å². The third-order valence-corrected chi connectivity index (χ3v) is 6.49. The van der Waals surface area contributed by atoms with E-state index in [9.17, 15) is 18.0 Å². The lowest BCUT2D eigenvalue weighted by molar-refractivity contribution is -0.115. The highest BCUT2D eigenvalue weighted by Crippen LogP contribution is 2.21. The number of rotatable bonds is 10. The number of nitrogens with zero attached hydrogens (tertiary/aromatic N) is 1. The van der Waals surface area contributed by atoms with Crippen LogP contribution in [0.2, 0.25) is 0 Å². The lowest BCUT2D eigenvalue weighted by Gasteiger charge is -2.25. The summed E-state index contributed by atoms with van der Waals surface area (Å²) >= 11 is 0. The van der Waals surface area contributed by atoms with Crippen LogP contribution >= 0.6 is 0 Å². The number of hydrogen-bond donors (Lipinski definition) is 2. The predicted molar refractivity (Wildman–Crippen MR) is 128 cm³/mol. The minimum Gasteiger partial charge on any atom is -0.326 e. The lowest BCUT2D eigenvalue weighted by atomic mass is 10.2. The van der Waals surface area contributed by atoms with Crippen molar-refractivity contribution in [3.05, 3.63) is 54.1 Å². The van der Waals surface area contributed by atoms with E-state index in [2.05, 4.69) is 10.6 Å². The Labute approximate surface area is 191 Å². The molecule has 0 radical (unpaired) electrons. The zero-order valence-electron chi connectivity index (χ0n) is 19.4. The molecule has 0 saturated carbocycles. The molecule has 0 aliphatic heterocycles. The van der Waals surface area contributed by atoms with Crippen molar-refractivity contribution >= 4 is 33.2 Å². The maximum Gasteiger partial charge on any atom is 0.255 e. The van der Waals surface area contributed by atoms with Crippen LogP contribution in [-0.2, 0) is 14.8 Å². The predicted octanol–water partition coefficient (Wildman–Crippen LogP) is 4.59. The van der Waals surface area contributed by atoms with Gasteiger partial charge < -0.3 is 10.6 Å². The van der Waals surface area contributed by atoms with Gasteiger partial charge in [-0.15, -0.1) is 0 Å². The zero-order valence-corrected chi connectivity index (χ0v) is 20.2. The van der Waals surface area contributed by atoms with Gasteiger partial charge in [0.25, 0.3) is 5.91 Å². The molecular weight excluding hydrogens is 426 g/mol. The van der Waals surface area contributed by atoms with Crippen molar-refractivity contribution in [2.45, 2.75) is 45.9 Å². The van der Waals surface area contributed by atoms with Crippen molar-refractivity contribution < 1.29 is 18.0 Å². The van der Waals surface area contributed by atoms with Gasteiger partial charge >= 0.3 is 0 Å². The minimum absolute atomic E-state index is 0.0994. The van der Waals surface area contributed by atoms with Crippen molar-refractivity contribution in [2.24, 2.45) is 11.8 Å². The summed E-state index contributed by atoms with van der Waals surface area (Å²) in [6.07, 6.45) is 0.376. The maximum atomic E-state index is 13.1. The molecule has 0 heterocycles. The summed E-state index contributed by atoms with van der Waals surface area (Å²) in [5.41, 5.74) is 1.54. The van der Waals surface area contributed by atoms with Gasteiger partial charge in [0.2, 0.25) is 15.9 Å². The lowest BCUT2D eigenvalue weighted by Crippen LogP contribution is -2.37. The Hall–Kier alpha value is -2.71. The number of carbonyl (C=O) groups is 2. The molecule has 0 atom stereocenters. The average Bonchev–Trinajstić information content (AvgIpc) is 2.73. The van der Waals surface area contributed by atoms with E-state index in [1.807, 2.05) is 27.7 Å². The quantitative estimate of drug-likeness (QED) is 0.543. The van der Waals surface area contributed by atoms with Crippen LogP contribution < -0.4 is 10.6 Å². The Morgan fingerprint density at radius 2 is 1.28 bits per heavy atom. The highest BCUT2D eigenvalue weighted by molar-refractivity contribution is 7.89. The summed E-state index contributed by atoms with van der Waals surface area (Å²) < 4.78 is 27.7. The fraction of sp³-hybridized carbons (Fsp3) is 0.417. The fourth-order valence-electron chi connectivity index (χ4n) is 3.10. The number of amides is 2. The highest BCUT2D eigenvalue weighted by Gasteiger charge is 2.25. The minimum atomic E-state index is -3.62. The molecule has 0 aliphatic rings. The largest absolute Gasteiger partial charge is 0.326 e. The fourth-order valence-corrected chi connectivity index (χ4v) is 4.87. The Kier molecular flexibility index (Phi) is 8.98. The molecule has 0 saturated heterocycles.